The van der Waals surface area contributed by atoms with E-state index in [0.29, 0.717) is 5.92 Å². The van der Waals surface area contributed by atoms with Crippen molar-refractivity contribution in [3.63, 3.8) is 0 Å². The summed E-state index contributed by atoms with van der Waals surface area (Å²) in [4.78, 5) is 15.2. The second kappa shape index (κ2) is 5.58. The van der Waals surface area contributed by atoms with Crippen molar-refractivity contribution < 1.29 is 8.42 Å². The van der Waals surface area contributed by atoms with E-state index in [2.05, 4.69) is 10.3 Å². The highest BCUT2D eigenvalue weighted by Crippen LogP contribution is 2.28. The molecule has 1 aliphatic heterocycles. The van der Waals surface area contributed by atoms with Gasteiger partial charge in [-0.3, -0.25) is 4.79 Å². The third-order valence-corrected chi connectivity index (χ3v) is 6.22. The fraction of sp³-hybridized carbons (Fsp3) is 0.167. The monoisotopic (exact) mass is 340 g/mol. The lowest BCUT2D eigenvalue weighted by atomic mass is 9.92. The van der Waals surface area contributed by atoms with E-state index < -0.39 is 15.4 Å². The van der Waals surface area contributed by atoms with Crippen molar-refractivity contribution in [2.75, 3.05) is 13.1 Å². The zero-order valence-electron chi connectivity index (χ0n) is 12.8. The number of para-hydroxylation sites is 1. The number of benzene rings is 2. The number of hydrogen-bond donors (Lipinski definition) is 2. The van der Waals surface area contributed by atoms with Crippen LogP contribution >= 0.6 is 0 Å². The molecule has 0 unspecified atom stereocenters. The van der Waals surface area contributed by atoms with Gasteiger partial charge in [-0.15, -0.1) is 0 Å². The number of nitrogens with one attached hydrogen (secondary N) is 2. The number of hydrogen-bond acceptors (Lipinski definition) is 4. The Hall–Kier alpha value is -2.44. The Labute approximate surface area is 139 Å². The van der Waals surface area contributed by atoms with E-state index >= 15 is 0 Å². The highest BCUT2D eigenvalue weighted by molar-refractivity contribution is 7.91. The summed E-state index contributed by atoms with van der Waals surface area (Å²) in [6, 6.07) is 15.2. The van der Waals surface area contributed by atoms with E-state index in [9.17, 15) is 13.2 Å². The molecule has 1 fully saturated rings. The molecule has 1 aliphatic rings. The maximum Gasteiger partial charge on any atom is 0.267 e. The van der Waals surface area contributed by atoms with Crippen molar-refractivity contribution in [3.05, 3.63) is 70.5 Å². The van der Waals surface area contributed by atoms with E-state index in [1.165, 1.54) is 18.2 Å². The first-order valence-corrected chi connectivity index (χ1v) is 9.22. The van der Waals surface area contributed by atoms with Crippen LogP contribution in [0, 0.1) is 0 Å². The van der Waals surface area contributed by atoms with Gasteiger partial charge in [-0.2, -0.15) is 0 Å². The minimum atomic E-state index is -3.84. The Balaban J connectivity index is 1.92. The van der Waals surface area contributed by atoms with Crippen LogP contribution < -0.4 is 10.9 Å². The summed E-state index contributed by atoms with van der Waals surface area (Å²) in [5.41, 5.74) is 1.19. The van der Waals surface area contributed by atoms with Gasteiger partial charge < -0.3 is 10.3 Å². The predicted molar refractivity (Wildman–Crippen MR) is 92.1 cm³/mol. The lowest BCUT2D eigenvalue weighted by molar-refractivity contribution is 0.450. The van der Waals surface area contributed by atoms with Crippen LogP contribution in [0.1, 0.15) is 11.5 Å². The highest BCUT2D eigenvalue weighted by Gasteiger charge is 2.24. The maximum atomic E-state index is 12.8. The normalized spacial score (nSPS) is 15.3. The third kappa shape index (κ3) is 2.35. The van der Waals surface area contributed by atoms with Crippen LogP contribution in [0.5, 0.6) is 0 Å². The minimum absolute atomic E-state index is 0.120. The van der Waals surface area contributed by atoms with Gasteiger partial charge in [-0.1, -0.05) is 36.4 Å². The fourth-order valence-electron chi connectivity index (χ4n) is 3.01. The Morgan fingerprint density at radius 2 is 1.71 bits per heavy atom. The van der Waals surface area contributed by atoms with Crippen LogP contribution in [0.25, 0.3) is 10.9 Å². The average molecular weight is 340 g/mol. The minimum Gasteiger partial charge on any atom is -0.321 e. The molecule has 3 aromatic rings. The first-order valence-electron chi connectivity index (χ1n) is 7.74. The fourth-order valence-corrected chi connectivity index (χ4v) is 4.36. The summed E-state index contributed by atoms with van der Waals surface area (Å²) in [7, 11) is -3.84. The molecule has 0 atom stereocenters. The van der Waals surface area contributed by atoms with Gasteiger partial charge in [0.15, 0.2) is 0 Å². The zero-order chi connectivity index (χ0) is 16.7. The number of rotatable bonds is 3. The standard InChI is InChI=1S/C18H16N2O3S/c21-18-16(24(22,23)14-6-2-1-3-7-14)9-12-5-4-8-15(17(12)20-18)13-10-19-11-13/h1-9,13,19H,10-11H2,(H,20,21). The lowest BCUT2D eigenvalue weighted by Crippen LogP contribution is -2.40. The second-order valence-electron chi connectivity index (χ2n) is 5.95. The SMILES string of the molecule is O=c1[nH]c2c(C3CNC3)cccc2cc1S(=O)(=O)c1ccccc1. The first kappa shape index (κ1) is 15.1. The number of sulfone groups is 1. The van der Waals surface area contributed by atoms with Crippen molar-refractivity contribution in [3.8, 4) is 0 Å². The topological polar surface area (TPSA) is 79.0 Å². The Morgan fingerprint density at radius 3 is 2.38 bits per heavy atom. The van der Waals surface area contributed by atoms with Crippen LogP contribution in [0.2, 0.25) is 0 Å². The van der Waals surface area contributed by atoms with Crippen LogP contribution in [0.15, 0.2) is 69.2 Å². The molecule has 2 aromatic carbocycles. The molecule has 2 heterocycles. The summed E-state index contributed by atoms with van der Waals surface area (Å²) in [5.74, 6) is 0.348. The van der Waals surface area contributed by atoms with Gasteiger partial charge in [0.2, 0.25) is 9.84 Å². The van der Waals surface area contributed by atoms with Crippen molar-refractivity contribution in [2.24, 2.45) is 0 Å². The molecule has 0 aliphatic carbocycles. The average Bonchev–Trinajstić information content (AvgIpc) is 2.54. The van der Waals surface area contributed by atoms with Gasteiger partial charge in [-0.25, -0.2) is 8.42 Å². The van der Waals surface area contributed by atoms with Gasteiger partial charge in [0, 0.05) is 19.0 Å². The number of aromatic amines is 1. The summed E-state index contributed by atoms with van der Waals surface area (Å²) in [6.45, 7) is 1.73. The lowest BCUT2D eigenvalue weighted by Gasteiger charge is -2.28. The molecule has 2 N–H and O–H groups in total. The maximum absolute atomic E-state index is 12.8. The molecular formula is C18H16N2O3S. The molecule has 0 amide bonds. The van der Waals surface area contributed by atoms with Crippen molar-refractivity contribution in [1.82, 2.24) is 10.3 Å². The molecule has 5 nitrogen and oxygen atoms in total. The number of pyridine rings is 1. The van der Waals surface area contributed by atoms with E-state index in [4.69, 9.17) is 0 Å². The smallest absolute Gasteiger partial charge is 0.267 e. The summed E-state index contributed by atoms with van der Waals surface area (Å²) in [6.07, 6.45) is 0. The summed E-state index contributed by atoms with van der Waals surface area (Å²) in [5, 5.41) is 3.94. The number of H-pyrrole nitrogens is 1. The second-order valence-corrected chi connectivity index (χ2v) is 7.86. The van der Waals surface area contributed by atoms with Gasteiger partial charge >= 0.3 is 0 Å². The number of fused-ring (bicyclic) bond motifs is 1. The van der Waals surface area contributed by atoms with Gasteiger partial charge in [0.25, 0.3) is 5.56 Å². The Kier molecular flexibility index (Phi) is 3.51. The molecule has 4 rings (SSSR count). The van der Waals surface area contributed by atoms with E-state index in [-0.39, 0.29) is 9.79 Å². The molecule has 1 aromatic heterocycles. The molecule has 0 spiro atoms. The van der Waals surface area contributed by atoms with E-state index in [1.807, 2.05) is 18.2 Å². The predicted octanol–water partition coefficient (Wildman–Crippen LogP) is 2.05. The van der Waals surface area contributed by atoms with Gasteiger partial charge in [-0.05, 0) is 29.1 Å². The third-order valence-electron chi connectivity index (χ3n) is 4.44. The van der Waals surface area contributed by atoms with E-state index in [0.717, 1.165) is 29.6 Å². The largest absolute Gasteiger partial charge is 0.321 e. The van der Waals surface area contributed by atoms with Crippen LogP contribution in [-0.4, -0.2) is 26.5 Å². The summed E-state index contributed by atoms with van der Waals surface area (Å²) >= 11 is 0. The van der Waals surface area contributed by atoms with E-state index in [1.54, 1.807) is 18.2 Å². The van der Waals surface area contributed by atoms with Crippen molar-refractivity contribution in [1.29, 1.82) is 0 Å². The van der Waals surface area contributed by atoms with Crippen LogP contribution in [-0.2, 0) is 9.84 Å². The zero-order valence-corrected chi connectivity index (χ0v) is 13.6. The Bertz CT molecular complexity index is 1070. The molecule has 0 saturated carbocycles. The molecule has 0 radical (unpaired) electrons. The van der Waals surface area contributed by atoms with Crippen LogP contribution in [0.4, 0.5) is 0 Å². The Morgan fingerprint density at radius 1 is 0.958 bits per heavy atom. The number of aromatic nitrogens is 1. The molecule has 122 valence electrons. The molecule has 0 bridgehead atoms. The molecular weight excluding hydrogens is 324 g/mol. The molecule has 24 heavy (non-hydrogen) atoms. The first-order chi connectivity index (χ1) is 11.6. The van der Waals surface area contributed by atoms with Gasteiger partial charge in [0.1, 0.15) is 4.90 Å². The van der Waals surface area contributed by atoms with Crippen molar-refractivity contribution >= 4 is 20.7 Å². The quantitative estimate of drug-likeness (QED) is 0.765. The van der Waals surface area contributed by atoms with Gasteiger partial charge in [0.05, 0.1) is 10.4 Å². The van der Waals surface area contributed by atoms with Crippen molar-refractivity contribution in [2.45, 2.75) is 15.7 Å². The summed E-state index contributed by atoms with van der Waals surface area (Å²) < 4.78 is 25.5. The molecule has 6 heteroatoms. The molecule has 1 saturated heterocycles. The van der Waals surface area contributed by atoms with Crippen LogP contribution in [0.3, 0.4) is 0 Å². The highest BCUT2D eigenvalue weighted by atomic mass is 32.2.